The van der Waals surface area contributed by atoms with Gasteiger partial charge in [-0.05, 0) is 30.4 Å². The minimum Gasteiger partial charge on any atom is -0.481 e. The SMILES string of the molecule is COc1cccc(C2C(NCc3ccccc3OC(F)F)C(C(C)(C)C)C(C(=O)O)N2C(=O)C2CCCCC2)n1. The van der Waals surface area contributed by atoms with E-state index in [2.05, 4.69) is 10.3 Å². The number of pyridine rings is 1. The highest BCUT2D eigenvalue weighted by Crippen LogP contribution is 2.49. The molecule has 0 bridgehead atoms. The summed E-state index contributed by atoms with van der Waals surface area (Å²) in [6.45, 7) is 3.02. The van der Waals surface area contributed by atoms with Crippen molar-refractivity contribution >= 4 is 11.9 Å². The lowest BCUT2D eigenvalue weighted by Crippen LogP contribution is -2.49. The highest BCUT2D eigenvalue weighted by atomic mass is 19.3. The van der Waals surface area contributed by atoms with Gasteiger partial charge in [0.15, 0.2) is 0 Å². The first-order valence-electron chi connectivity index (χ1n) is 13.8. The third-order valence-corrected chi connectivity index (χ3v) is 8.10. The van der Waals surface area contributed by atoms with Gasteiger partial charge in [0.05, 0.1) is 18.8 Å². The molecule has 1 saturated carbocycles. The summed E-state index contributed by atoms with van der Waals surface area (Å²) in [5.74, 6) is -1.66. The molecular formula is C30H39F2N3O5. The summed E-state index contributed by atoms with van der Waals surface area (Å²) >= 11 is 0. The topological polar surface area (TPSA) is 101 Å². The van der Waals surface area contributed by atoms with Gasteiger partial charge in [0.25, 0.3) is 0 Å². The van der Waals surface area contributed by atoms with Crippen molar-refractivity contribution in [2.45, 2.75) is 84.2 Å². The molecule has 2 N–H and O–H groups in total. The smallest absolute Gasteiger partial charge is 0.387 e. The summed E-state index contributed by atoms with van der Waals surface area (Å²) in [4.78, 5) is 33.4. The molecule has 4 rings (SSSR count). The fraction of sp³-hybridized carbons (Fsp3) is 0.567. The molecule has 1 aliphatic carbocycles. The number of halogens is 2. The number of aromatic nitrogens is 1. The molecule has 40 heavy (non-hydrogen) atoms. The molecule has 1 amide bonds. The highest BCUT2D eigenvalue weighted by molar-refractivity contribution is 5.87. The normalized spacial score (nSPS) is 23.8. The van der Waals surface area contributed by atoms with Gasteiger partial charge in [0, 0.05) is 36.1 Å². The van der Waals surface area contributed by atoms with E-state index in [1.807, 2.05) is 20.8 Å². The van der Waals surface area contributed by atoms with E-state index < -0.39 is 42.0 Å². The molecule has 2 heterocycles. The fourth-order valence-electron chi connectivity index (χ4n) is 6.39. The van der Waals surface area contributed by atoms with E-state index in [0.29, 0.717) is 17.1 Å². The number of carboxylic acid groups (broad SMARTS) is 1. The molecule has 4 unspecified atom stereocenters. The van der Waals surface area contributed by atoms with E-state index in [9.17, 15) is 23.5 Å². The summed E-state index contributed by atoms with van der Waals surface area (Å²) in [6.07, 6.45) is 4.35. The van der Waals surface area contributed by atoms with Gasteiger partial charge in [-0.15, -0.1) is 0 Å². The molecule has 2 aliphatic rings. The lowest BCUT2D eigenvalue weighted by Gasteiger charge is -2.36. The minimum absolute atomic E-state index is 0.0382. The first-order valence-corrected chi connectivity index (χ1v) is 13.8. The van der Waals surface area contributed by atoms with Crippen molar-refractivity contribution < 1.29 is 33.0 Å². The summed E-state index contributed by atoms with van der Waals surface area (Å²) in [5.41, 5.74) is 0.464. The van der Waals surface area contributed by atoms with Crippen LogP contribution >= 0.6 is 0 Å². The minimum atomic E-state index is -2.98. The molecule has 10 heteroatoms. The number of nitrogens with zero attached hydrogens (tertiary/aromatic N) is 2. The van der Waals surface area contributed by atoms with Crippen molar-refractivity contribution in [1.29, 1.82) is 0 Å². The van der Waals surface area contributed by atoms with Crippen LogP contribution in [0, 0.1) is 17.3 Å². The van der Waals surface area contributed by atoms with Crippen molar-refractivity contribution in [1.82, 2.24) is 15.2 Å². The maximum Gasteiger partial charge on any atom is 0.387 e. The van der Waals surface area contributed by atoms with Gasteiger partial charge in [0.2, 0.25) is 11.8 Å². The first-order chi connectivity index (χ1) is 19.0. The molecule has 8 nitrogen and oxygen atoms in total. The van der Waals surface area contributed by atoms with Gasteiger partial charge in [-0.3, -0.25) is 4.79 Å². The number of amides is 1. The van der Waals surface area contributed by atoms with Gasteiger partial charge in [-0.2, -0.15) is 8.78 Å². The molecule has 1 aromatic carbocycles. The van der Waals surface area contributed by atoms with E-state index in [-0.39, 0.29) is 24.1 Å². The maximum absolute atomic E-state index is 14.2. The second-order valence-corrected chi connectivity index (χ2v) is 11.7. The van der Waals surface area contributed by atoms with E-state index in [0.717, 1.165) is 32.1 Å². The number of rotatable bonds is 9. The van der Waals surface area contributed by atoms with Crippen LogP contribution in [0.15, 0.2) is 42.5 Å². The Morgan fingerprint density at radius 1 is 1.10 bits per heavy atom. The zero-order valence-corrected chi connectivity index (χ0v) is 23.5. The van der Waals surface area contributed by atoms with Crippen molar-refractivity contribution in [3.63, 3.8) is 0 Å². The second kappa shape index (κ2) is 12.5. The number of methoxy groups -OCH3 is 1. The Morgan fingerprint density at radius 3 is 2.42 bits per heavy atom. The number of aliphatic carboxylic acids is 1. The average Bonchev–Trinajstić information content (AvgIpc) is 3.28. The summed E-state index contributed by atoms with van der Waals surface area (Å²) < 4.78 is 36.3. The van der Waals surface area contributed by atoms with Gasteiger partial charge < -0.3 is 24.8 Å². The Morgan fingerprint density at radius 2 is 1.80 bits per heavy atom. The number of hydrogen-bond donors (Lipinski definition) is 2. The summed E-state index contributed by atoms with van der Waals surface area (Å²) in [6, 6.07) is 9.34. The van der Waals surface area contributed by atoms with Gasteiger partial charge in [-0.1, -0.05) is 64.3 Å². The quantitative estimate of drug-likeness (QED) is 0.423. The number of benzene rings is 1. The van der Waals surface area contributed by atoms with Crippen LogP contribution in [0.1, 0.15) is 70.2 Å². The largest absolute Gasteiger partial charge is 0.481 e. The van der Waals surface area contributed by atoms with Gasteiger partial charge >= 0.3 is 12.6 Å². The average molecular weight is 560 g/mol. The van der Waals surface area contributed by atoms with Crippen LogP contribution in [0.25, 0.3) is 0 Å². The molecule has 1 saturated heterocycles. The summed E-state index contributed by atoms with van der Waals surface area (Å²) in [7, 11) is 1.50. The zero-order chi connectivity index (χ0) is 29.0. The lowest BCUT2D eigenvalue weighted by molar-refractivity contribution is -0.154. The first kappa shape index (κ1) is 29.7. The molecule has 218 valence electrons. The number of likely N-dealkylation sites (tertiary alicyclic amines) is 1. The number of nitrogens with one attached hydrogen (secondary N) is 1. The fourth-order valence-corrected chi connectivity index (χ4v) is 6.39. The Bertz CT molecular complexity index is 1180. The third-order valence-electron chi connectivity index (χ3n) is 8.10. The van der Waals surface area contributed by atoms with Crippen LogP contribution in [0.2, 0.25) is 0 Å². The van der Waals surface area contributed by atoms with Crippen molar-refractivity contribution in [2.24, 2.45) is 17.3 Å². The van der Waals surface area contributed by atoms with Crippen molar-refractivity contribution in [3.05, 3.63) is 53.7 Å². The van der Waals surface area contributed by atoms with Crippen molar-refractivity contribution in [3.8, 4) is 11.6 Å². The zero-order valence-electron chi connectivity index (χ0n) is 23.5. The Labute approximate surface area is 234 Å². The molecular weight excluding hydrogens is 520 g/mol. The number of carbonyl (C=O) groups excluding carboxylic acids is 1. The predicted octanol–water partition coefficient (Wildman–Crippen LogP) is 5.43. The highest BCUT2D eigenvalue weighted by Gasteiger charge is 2.59. The monoisotopic (exact) mass is 559 g/mol. The molecule has 0 radical (unpaired) electrons. The number of para-hydroxylation sites is 1. The molecule has 2 aromatic rings. The molecule has 1 aromatic heterocycles. The van der Waals surface area contributed by atoms with Gasteiger partial charge in [0.1, 0.15) is 11.8 Å². The lowest BCUT2D eigenvalue weighted by atomic mass is 9.72. The van der Waals surface area contributed by atoms with E-state index in [1.165, 1.54) is 18.1 Å². The maximum atomic E-state index is 14.2. The van der Waals surface area contributed by atoms with Crippen LogP contribution in [0.5, 0.6) is 11.6 Å². The summed E-state index contributed by atoms with van der Waals surface area (Å²) in [5, 5.41) is 14.1. The Balaban J connectivity index is 1.82. The molecule has 1 aliphatic heterocycles. The van der Waals surface area contributed by atoms with Crippen LogP contribution in [0.4, 0.5) is 8.78 Å². The number of carbonyl (C=O) groups is 2. The second-order valence-electron chi connectivity index (χ2n) is 11.7. The van der Waals surface area contributed by atoms with Gasteiger partial charge in [-0.25, -0.2) is 9.78 Å². The number of hydrogen-bond acceptors (Lipinski definition) is 6. The van der Waals surface area contributed by atoms with Crippen LogP contribution < -0.4 is 14.8 Å². The molecule has 2 fully saturated rings. The Hall–Kier alpha value is -3.27. The number of ether oxygens (including phenoxy) is 2. The third kappa shape index (κ3) is 6.37. The molecule has 4 atom stereocenters. The van der Waals surface area contributed by atoms with Crippen LogP contribution in [-0.4, -0.2) is 52.7 Å². The number of carboxylic acids is 1. The predicted molar refractivity (Wildman–Crippen MR) is 145 cm³/mol. The van der Waals surface area contributed by atoms with E-state index in [1.54, 1.807) is 36.4 Å². The van der Waals surface area contributed by atoms with E-state index >= 15 is 0 Å². The van der Waals surface area contributed by atoms with Crippen molar-refractivity contribution in [2.75, 3.05) is 7.11 Å². The number of alkyl halides is 2. The van der Waals surface area contributed by atoms with Crippen LogP contribution in [-0.2, 0) is 16.1 Å². The Kier molecular flexibility index (Phi) is 9.28. The van der Waals surface area contributed by atoms with E-state index in [4.69, 9.17) is 9.47 Å². The standard InChI is InChI=1S/C30H39F2N3O5/c1-30(2,3)23-24(33-17-19-13-8-9-15-21(19)40-29(31)32)25(20-14-10-16-22(34-20)39-4)35(26(23)28(37)38)27(36)18-11-6-5-7-12-18/h8-10,13-16,18,23-26,29,33H,5-7,11-12,17H2,1-4H3,(H,37,38). The van der Waals surface area contributed by atoms with Crippen LogP contribution in [0.3, 0.4) is 0 Å². The molecule has 0 spiro atoms.